The van der Waals surface area contributed by atoms with Gasteiger partial charge in [-0.3, -0.25) is 9.59 Å². The number of carbonyl (C=O) groups excluding carboxylic acids is 2. The van der Waals surface area contributed by atoms with Crippen LogP contribution in [0.4, 0.5) is 0 Å². The highest BCUT2D eigenvalue weighted by atomic mass is 16.4. The standard InChI is InChI=1S/C12H19NO4.C9H19N.C4H10/c1-8(2)10(4-9(3)12(16)17)5-11(15)6-13-7-14;1-3-9(2)10-7-5-4-6-8-10;1-4(2)3/h4,7-8,10H,5-6H2,1-3H3,(H,13,14)(H,16,17);9H,3-8H2,1-2H3;4H,1-3H3/b9-4+;;/t10-;;/m0../s1. The number of hydrogen-bond acceptors (Lipinski definition) is 4. The molecular weight excluding hydrogens is 392 g/mol. The highest BCUT2D eigenvalue weighted by Crippen LogP contribution is 2.19. The molecule has 0 radical (unpaired) electrons. The quantitative estimate of drug-likeness (QED) is 0.372. The summed E-state index contributed by atoms with van der Waals surface area (Å²) >= 11 is 0. The van der Waals surface area contributed by atoms with E-state index in [1.54, 1.807) is 6.08 Å². The Morgan fingerprint density at radius 3 is 1.94 bits per heavy atom. The molecule has 2 atom stereocenters. The van der Waals surface area contributed by atoms with Crippen LogP contribution in [0.3, 0.4) is 0 Å². The summed E-state index contributed by atoms with van der Waals surface area (Å²) < 4.78 is 0. The van der Waals surface area contributed by atoms with Gasteiger partial charge in [0.15, 0.2) is 5.78 Å². The summed E-state index contributed by atoms with van der Waals surface area (Å²) in [5.74, 6) is -0.198. The number of amides is 1. The Balaban J connectivity index is 0. The van der Waals surface area contributed by atoms with Crippen molar-refractivity contribution in [2.75, 3.05) is 19.6 Å². The fourth-order valence-corrected chi connectivity index (χ4v) is 2.99. The van der Waals surface area contributed by atoms with Crippen molar-refractivity contribution in [2.24, 2.45) is 17.8 Å². The van der Waals surface area contributed by atoms with Crippen LogP contribution in [0.15, 0.2) is 11.6 Å². The Morgan fingerprint density at radius 1 is 1.03 bits per heavy atom. The molecule has 0 aliphatic carbocycles. The van der Waals surface area contributed by atoms with Crippen molar-refractivity contribution in [3.63, 3.8) is 0 Å². The molecule has 0 aromatic carbocycles. The van der Waals surface area contributed by atoms with Crippen LogP contribution < -0.4 is 5.32 Å². The molecule has 0 spiro atoms. The van der Waals surface area contributed by atoms with Gasteiger partial charge in [0.25, 0.3) is 0 Å². The van der Waals surface area contributed by atoms with E-state index in [9.17, 15) is 14.4 Å². The monoisotopic (exact) mass is 440 g/mol. The molecule has 31 heavy (non-hydrogen) atoms. The highest BCUT2D eigenvalue weighted by molar-refractivity contribution is 5.86. The Bertz CT molecular complexity index is 521. The molecule has 0 aromatic heterocycles. The first kappa shape index (κ1) is 31.5. The summed E-state index contributed by atoms with van der Waals surface area (Å²) in [5, 5.41) is 11.1. The molecule has 2 N–H and O–H groups in total. The van der Waals surface area contributed by atoms with Crippen LogP contribution in [0.1, 0.15) is 87.5 Å². The van der Waals surface area contributed by atoms with Crippen molar-refractivity contribution in [3.8, 4) is 0 Å². The fraction of sp³-hybridized carbons (Fsp3) is 0.800. The Hall–Kier alpha value is -1.69. The summed E-state index contributed by atoms with van der Waals surface area (Å²) in [5.41, 5.74) is 0.236. The van der Waals surface area contributed by atoms with E-state index in [0.29, 0.717) is 6.41 Å². The molecule has 1 heterocycles. The molecular formula is C25H48N2O4. The average Bonchev–Trinajstić information content (AvgIpc) is 2.71. The van der Waals surface area contributed by atoms with Crippen LogP contribution in [-0.2, 0) is 14.4 Å². The second kappa shape index (κ2) is 19.0. The van der Waals surface area contributed by atoms with E-state index in [1.807, 2.05) is 13.8 Å². The van der Waals surface area contributed by atoms with Gasteiger partial charge in [-0.25, -0.2) is 4.79 Å². The van der Waals surface area contributed by atoms with Gasteiger partial charge in [-0.1, -0.05) is 54.0 Å². The normalized spacial score (nSPS) is 16.4. The van der Waals surface area contributed by atoms with E-state index < -0.39 is 5.97 Å². The number of nitrogens with zero attached hydrogens (tertiary/aromatic N) is 1. The highest BCUT2D eigenvalue weighted by Gasteiger charge is 2.17. The number of carbonyl (C=O) groups is 3. The molecule has 182 valence electrons. The minimum atomic E-state index is -0.978. The number of nitrogens with one attached hydrogen (secondary N) is 1. The molecule has 1 aliphatic rings. The molecule has 1 saturated heterocycles. The van der Waals surface area contributed by atoms with Crippen LogP contribution in [0, 0.1) is 17.8 Å². The molecule has 0 aromatic rings. The maximum atomic E-state index is 11.5. The Kier molecular flexibility index (Phi) is 19.3. The maximum Gasteiger partial charge on any atom is 0.330 e. The molecule has 6 nitrogen and oxygen atoms in total. The second-order valence-corrected chi connectivity index (χ2v) is 9.39. The predicted octanol–water partition coefficient (Wildman–Crippen LogP) is 4.93. The van der Waals surface area contributed by atoms with E-state index in [0.717, 1.165) is 12.0 Å². The molecule has 1 amide bonds. The molecule has 1 rings (SSSR count). The summed E-state index contributed by atoms with van der Waals surface area (Å²) in [6.07, 6.45) is 7.91. The van der Waals surface area contributed by atoms with Gasteiger partial charge in [0.2, 0.25) is 6.41 Å². The Morgan fingerprint density at radius 2 is 1.55 bits per heavy atom. The number of allylic oxidation sites excluding steroid dienone is 1. The van der Waals surface area contributed by atoms with Crippen molar-refractivity contribution >= 4 is 18.2 Å². The zero-order valence-electron chi connectivity index (χ0n) is 21.2. The first-order valence-corrected chi connectivity index (χ1v) is 11.8. The molecule has 0 bridgehead atoms. The number of carboxylic acid groups (broad SMARTS) is 1. The molecule has 1 aliphatic heterocycles. The van der Waals surface area contributed by atoms with E-state index in [1.165, 1.54) is 45.7 Å². The van der Waals surface area contributed by atoms with Crippen LogP contribution in [-0.4, -0.2) is 53.8 Å². The number of ketones is 1. The number of Topliss-reactive ketones (excluding diaryl/α,β-unsaturated/α-hetero) is 1. The molecule has 6 heteroatoms. The fourth-order valence-electron chi connectivity index (χ4n) is 2.99. The van der Waals surface area contributed by atoms with Gasteiger partial charge >= 0.3 is 5.97 Å². The smallest absolute Gasteiger partial charge is 0.330 e. The third-order valence-corrected chi connectivity index (χ3v) is 5.11. The van der Waals surface area contributed by atoms with Crippen molar-refractivity contribution in [2.45, 2.75) is 93.5 Å². The van der Waals surface area contributed by atoms with E-state index >= 15 is 0 Å². The lowest BCUT2D eigenvalue weighted by Crippen LogP contribution is -2.36. The van der Waals surface area contributed by atoms with E-state index in [-0.39, 0.29) is 36.2 Å². The number of likely N-dealkylation sites (tertiary alicyclic amines) is 1. The predicted molar refractivity (Wildman–Crippen MR) is 129 cm³/mol. The number of piperidine rings is 1. The van der Waals surface area contributed by atoms with Crippen LogP contribution in [0.2, 0.25) is 0 Å². The Labute approximate surface area is 190 Å². The number of carboxylic acids is 1. The van der Waals surface area contributed by atoms with Crippen LogP contribution >= 0.6 is 0 Å². The largest absolute Gasteiger partial charge is 0.478 e. The summed E-state index contributed by atoms with van der Waals surface area (Å²) in [7, 11) is 0. The third kappa shape index (κ3) is 18.8. The van der Waals surface area contributed by atoms with Gasteiger partial charge in [-0.2, -0.15) is 0 Å². The second-order valence-electron chi connectivity index (χ2n) is 9.39. The van der Waals surface area contributed by atoms with Crippen LogP contribution in [0.25, 0.3) is 0 Å². The van der Waals surface area contributed by atoms with Gasteiger partial charge in [-0.15, -0.1) is 0 Å². The number of aliphatic carboxylic acids is 1. The van der Waals surface area contributed by atoms with Gasteiger partial charge in [0.05, 0.1) is 6.54 Å². The zero-order valence-corrected chi connectivity index (χ0v) is 21.2. The van der Waals surface area contributed by atoms with Crippen molar-refractivity contribution < 1.29 is 19.5 Å². The summed E-state index contributed by atoms with van der Waals surface area (Å²) in [4.78, 5) is 34.8. The van der Waals surface area contributed by atoms with Crippen molar-refractivity contribution in [1.29, 1.82) is 0 Å². The maximum absolute atomic E-state index is 11.5. The molecule has 1 fully saturated rings. The summed E-state index contributed by atoms with van der Waals surface area (Å²) in [6, 6.07) is 0.820. The average molecular weight is 441 g/mol. The molecule has 0 saturated carbocycles. The minimum absolute atomic E-state index is 0.00726. The van der Waals surface area contributed by atoms with Crippen LogP contribution in [0.5, 0.6) is 0 Å². The topological polar surface area (TPSA) is 86.7 Å². The molecule has 1 unspecified atom stereocenters. The first-order valence-electron chi connectivity index (χ1n) is 11.8. The van der Waals surface area contributed by atoms with E-state index in [2.05, 4.69) is 44.8 Å². The number of hydrogen-bond donors (Lipinski definition) is 2. The van der Waals surface area contributed by atoms with Gasteiger partial charge in [0, 0.05) is 18.0 Å². The SMILES string of the molecule is C/C(=C\[C@@H](CC(=O)CNC=O)C(C)C)C(=O)O.CC(C)C.CCC(C)N1CCCCC1. The van der Waals surface area contributed by atoms with Crippen molar-refractivity contribution in [1.82, 2.24) is 10.2 Å². The zero-order chi connectivity index (χ0) is 24.4. The first-order chi connectivity index (χ1) is 14.5. The van der Waals surface area contributed by atoms with Gasteiger partial charge in [0.1, 0.15) is 0 Å². The lowest BCUT2D eigenvalue weighted by atomic mass is 9.89. The lowest BCUT2D eigenvalue weighted by molar-refractivity contribution is -0.132. The number of rotatable bonds is 10. The third-order valence-electron chi connectivity index (χ3n) is 5.11. The van der Waals surface area contributed by atoms with Gasteiger partial charge in [-0.05, 0) is 64.0 Å². The minimum Gasteiger partial charge on any atom is -0.478 e. The lowest BCUT2D eigenvalue weighted by Gasteiger charge is -2.31. The van der Waals surface area contributed by atoms with Gasteiger partial charge < -0.3 is 15.3 Å². The van der Waals surface area contributed by atoms with Crippen molar-refractivity contribution in [3.05, 3.63) is 11.6 Å². The summed E-state index contributed by atoms with van der Waals surface area (Å²) in [6.45, 7) is 19.2. The van der Waals surface area contributed by atoms with E-state index in [4.69, 9.17) is 5.11 Å².